The molecule has 1 N–H and O–H groups in total. The monoisotopic (exact) mass is 300 g/mol. The highest BCUT2D eigenvalue weighted by Crippen LogP contribution is 2.29. The summed E-state index contributed by atoms with van der Waals surface area (Å²) in [6.07, 6.45) is 1.83. The molecule has 6 heteroatoms. The van der Waals surface area contributed by atoms with Crippen molar-refractivity contribution in [1.29, 1.82) is 0 Å². The fourth-order valence-corrected chi connectivity index (χ4v) is 2.50. The number of nitrogens with zero attached hydrogens (tertiary/aromatic N) is 2. The van der Waals surface area contributed by atoms with Crippen molar-refractivity contribution in [2.45, 2.75) is 57.3 Å². The van der Waals surface area contributed by atoms with Crippen LogP contribution in [0, 0.1) is 0 Å². The summed E-state index contributed by atoms with van der Waals surface area (Å²) in [5, 5.41) is 9.55. The molecule has 0 radical (unpaired) electrons. The van der Waals surface area contributed by atoms with Crippen molar-refractivity contribution >= 4 is 17.7 Å². The SMILES string of the molecule is COC(C)(C)Cn1c(C(C)(C)C)cnc1SCC(=O)O. The molecule has 0 aromatic carbocycles. The van der Waals surface area contributed by atoms with Crippen LogP contribution in [-0.2, 0) is 21.5 Å². The quantitative estimate of drug-likeness (QED) is 0.818. The van der Waals surface area contributed by atoms with E-state index >= 15 is 0 Å². The van der Waals surface area contributed by atoms with Crippen LogP contribution in [-0.4, -0.2) is 39.1 Å². The van der Waals surface area contributed by atoms with Gasteiger partial charge in [-0.1, -0.05) is 32.5 Å². The summed E-state index contributed by atoms with van der Waals surface area (Å²) < 4.78 is 7.55. The predicted molar refractivity (Wildman–Crippen MR) is 80.4 cm³/mol. The molecule has 1 aromatic heterocycles. The molecule has 20 heavy (non-hydrogen) atoms. The van der Waals surface area contributed by atoms with E-state index in [2.05, 4.69) is 30.3 Å². The highest BCUT2D eigenvalue weighted by Gasteiger charge is 2.26. The van der Waals surface area contributed by atoms with Gasteiger partial charge in [0.05, 0.1) is 17.9 Å². The Hall–Kier alpha value is -1.01. The van der Waals surface area contributed by atoms with Gasteiger partial charge in [0.15, 0.2) is 5.16 Å². The molecular formula is C14H24N2O3S. The first kappa shape index (κ1) is 17.0. The maximum atomic E-state index is 10.7. The number of ether oxygens (including phenoxy) is 1. The lowest BCUT2D eigenvalue weighted by Gasteiger charge is -2.28. The van der Waals surface area contributed by atoms with Crippen molar-refractivity contribution in [2.24, 2.45) is 0 Å². The van der Waals surface area contributed by atoms with Gasteiger partial charge in [-0.2, -0.15) is 0 Å². The second-order valence-corrected chi connectivity index (χ2v) is 7.35. The van der Waals surface area contributed by atoms with E-state index in [1.807, 2.05) is 20.0 Å². The molecule has 0 aliphatic heterocycles. The van der Waals surface area contributed by atoms with Crippen molar-refractivity contribution in [3.8, 4) is 0 Å². The maximum Gasteiger partial charge on any atom is 0.313 e. The van der Waals surface area contributed by atoms with Crippen LogP contribution in [0.15, 0.2) is 11.4 Å². The van der Waals surface area contributed by atoms with Gasteiger partial charge in [-0.3, -0.25) is 4.79 Å². The molecule has 1 heterocycles. The minimum absolute atomic E-state index is 0.00794. The van der Waals surface area contributed by atoms with Gasteiger partial charge in [0.1, 0.15) is 0 Å². The molecule has 0 unspecified atom stereocenters. The molecule has 0 bridgehead atoms. The fourth-order valence-electron chi connectivity index (χ4n) is 1.80. The molecule has 0 atom stereocenters. The molecule has 0 saturated carbocycles. The van der Waals surface area contributed by atoms with E-state index in [-0.39, 0.29) is 16.8 Å². The zero-order valence-electron chi connectivity index (χ0n) is 13.1. The van der Waals surface area contributed by atoms with Crippen molar-refractivity contribution in [2.75, 3.05) is 12.9 Å². The maximum absolute atomic E-state index is 10.7. The summed E-state index contributed by atoms with van der Waals surface area (Å²) in [6.45, 7) is 11.0. The first-order valence-electron chi connectivity index (χ1n) is 6.52. The number of aliphatic carboxylic acids is 1. The average Bonchev–Trinajstić information content (AvgIpc) is 2.68. The van der Waals surface area contributed by atoms with E-state index in [1.54, 1.807) is 7.11 Å². The number of rotatable bonds is 6. The number of aromatic nitrogens is 2. The second-order valence-electron chi connectivity index (χ2n) is 6.41. The molecule has 0 amide bonds. The summed E-state index contributed by atoms with van der Waals surface area (Å²) >= 11 is 1.24. The third-order valence-electron chi connectivity index (χ3n) is 3.00. The van der Waals surface area contributed by atoms with Gasteiger partial charge < -0.3 is 14.4 Å². The van der Waals surface area contributed by atoms with Crippen LogP contribution in [0.25, 0.3) is 0 Å². The zero-order valence-corrected chi connectivity index (χ0v) is 13.9. The van der Waals surface area contributed by atoms with E-state index in [0.29, 0.717) is 6.54 Å². The normalized spacial score (nSPS) is 12.7. The Morgan fingerprint density at radius 2 is 2.00 bits per heavy atom. The molecule has 0 aliphatic rings. The Labute approximate surface area is 124 Å². The molecule has 1 rings (SSSR count). The van der Waals surface area contributed by atoms with Crippen LogP contribution in [0.2, 0.25) is 0 Å². The highest BCUT2D eigenvalue weighted by molar-refractivity contribution is 7.99. The summed E-state index contributed by atoms with van der Waals surface area (Å²) in [7, 11) is 1.68. The summed E-state index contributed by atoms with van der Waals surface area (Å²) in [5.74, 6) is -0.832. The van der Waals surface area contributed by atoms with Crippen molar-refractivity contribution in [3.05, 3.63) is 11.9 Å². The fraction of sp³-hybridized carbons (Fsp3) is 0.714. The first-order chi connectivity index (χ1) is 9.07. The Bertz CT molecular complexity index is 475. The Balaban J connectivity index is 3.13. The van der Waals surface area contributed by atoms with Gasteiger partial charge >= 0.3 is 5.97 Å². The Morgan fingerprint density at radius 3 is 2.45 bits per heavy atom. The largest absolute Gasteiger partial charge is 0.481 e. The summed E-state index contributed by atoms with van der Waals surface area (Å²) in [5.41, 5.74) is 0.688. The third kappa shape index (κ3) is 4.52. The van der Waals surface area contributed by atoms with E-state index in [4.69, 9.17) is 9.84 Å². The lowest BCUT2D eigenvalue weighted by atomic mass is 9.92. The number of methoxy groups -OCH3 is 1. The molecule has 0 saturated heterocycles. The van der Waals surface area contributed by atoms with E-state index in [0.717, 1.165) is 10.9 Å². The second kappa shape index (κ2) is 6.18. The minimum atomic E-state index is -0.840. The average molecular weight is 300 g/mol. The number of carboxylic acid groups (broad SMARTS) is 1. The standard InChI is InChI=1S/C14H24N2O3S/c1-13(2,3)10-7-15-12(20-8-11(17)18)16(10)9-14(4,5)19-6/h7H,8-9H2,1-6H3,(H,17,18). The van der Waals surface area contributed by atoms with Crippen molar-refractivity contribution in [1.82, 2.24) is 9.55 Å². The molecular weight excluding hydrogens is 276 g/mol. The van der Waals surface area contributed by atoms with Gasteiger partial charge in [0, 0.05) is 24.4 Å². The van der Waals surface area contributed by atoms with Gasteiger partial charge in [-0.25, -0.2) is 4.98 Å². The summed E-state index contributed by atoms with van der Waals surface area (Å²) in [6, 6.07) is 0. The Kier molecular flexibility index (Phi) is 5.27. The van der Waals surface area contributed by atoms with Crippen LogP contribution in [0.5, 0.6) is 0 Å². The lowest BCUT2D eigenvalue weighted by Crippen LogP contribution is -2.32. The van der Waals surface area contributed by atoms with Gasteiger partial charge in [0.2, 0.25) is 0 Å². The molecule has 0 aliphatic carbocycles. The molecule has 1 aromatic rings. The summed E-state index contributed by atoms with van der Waals surface area (Å²) in [4.78, 5) is 15.1. The number of carbonyl (C=O) groups is 1. The van der Waals surface area contributed by atoms with Gasteiger partial charge in [-0.05, 0) is 13.8 Å². The lowest BCUT2D eigenvalue weighted by molar-refractivity contribution is -0.133. The van der Waals surface area contributed by atoms with Crippen LogP contribution in [0.4, 0.5) is 0 Å². The van der Waals surface area contributed by atoms with Gasteiger partial charge in [0.25, 0.3) is 0 Å². The minimum Gasteiger partial charge on any atom is -0.481 e. The van der Waals surface area contributed by atoms with E-state index in [1.165, 1.54) is 11.8 Å². The Morgan fingerprint density at radius 1 is 1.40 bits per heavy atom. The van der Waals surface area contributed by atoms with Crippen LogP contribution in [0.3, 0.4) is 0 Å². The number of hydrogen-bond acceptors (Lipinski definition) is 4. The zero-order chi connectivity index (χ0) is 15.6. The predicted octanol–water partition coefficient (Wildman–Crippen LogP) is 2.78. The number of thioether (sulfide) groups is 1. The van der Waals surface area contributed by atoms with Crippen molar-refractivity contribution < 1.29 is 14.6 Å². The van der Waals surface area contributed by atoms with Crippen LogP contribution < -0.4 is 0 Å². The van der Waals surface area contributed by atoms with Crippen LogP contribution >= 0.6 is 11.8 Å². The van der Waals surface area contributed by atoms with E-state index < -0.39 is 5.97 Å². The third-order valence-corrected chi connectivity index (χ3v) is 3.98. The van der Waals surface area contributed by atoms with E-state index in [9.17, 15) is 4.79 Å². The number of hydrogen-bond donors (Lipinski definition) is 1. The molecule has 0 fully saturated rings. The molecule has 114 valence electrons. The number of imidazole rings is 1. The topological polar surface area (TPSA) is 64.4 Å². The number of carboxylic acids is 1. The van der Waals surface area contributed by atoms with Crippen molar-refractivity contribution in [3.63, 3.8) is 0 Å². The van der Waals surface area contributed by atoms with Gasteiger partial charge in [-0.15, -0.1) is 0 Å². The molecule has 0 spiro atoms. The highest BCUT2D eigenvalue weighted by atomic mass is 32.2. The van der Waals surface area contributed by atoms with Crippen LogP contribution in [0.1, 0.15) is 40.3 Å². The first-order valence-corrected chi connectivity index (χ1v) is 7.51. The smallest absolute Gasteiger partial charge is 0.313 e. The molecule has 5 nitrogen and oxygen atoms in total.